The van der Waals surface area contributed by atoms with Crippen LogP contribution in [0, 0.1) is 0 Å². The van der Waals surface area contributed by atoms with Crippen molar-refractivity contribution in [2.45, 2.75) is 38.2 Å². The van der Waals surface area contributed by atoms with Gasteiger partial charge in [-0.1, -0.05) is 0 Å². The van der Waals surface area contributed by atoms with Gasteiger partial charge in [-0.2, -0.15) is 4.98 Å². The molecule has 3 rings (SSSR count). The first-order valence-electron chi connectivity index (χ1n) is 8.98. The molecule has 24 heavy (non-hydrogen) atoms. The average Bonchev–Trinajstić information content (AvgIpc) is 3.15. The molecule has 2 fully saturated rings. The number of hydrogen-bond acceptors (Lipinski definition) is 7. The maximum atomic E-state index is 9.04. The van der Waals surface area contributed by atoms with Crippen molar-refractivity contribution in [1.82, 2.24) is 9.97 Å². The Balaban J connectivity index is 1.74. The van der Waals surface area contributed by atoms with Crippen molar-refractivity contribution in [1.29, 1.82) is 0 Å². The molecule has 0 aromatic carbocycles. The van der Waals surface area contributed by atoms with Crippen LogP contribution in [0.3, 0.4) is 0 Å². The molecule has 7 nitrogen and oxygen atoms in total. The molecule has 7 heteroatoms. The zero-order chi connectivity index (χ0) is 16.8. The monoisotopic (exact) mass is 336 g/mol. The van der Waals surface area contributed by atoms with Crippen molar-refractivity contribution in [2.24, 2.45) is 0 Å². The molecule has 1 atom stereocenters. The molecule has 0 aliphatic carbocycles. The summed E-state index contributed by atoms with van der Waals surface area (Å²) in [6.07, 6.45) is 3.42. The van der Waals surface area contributed by atoms with E-state index in [9.17, 15) is 0 Å². The summed E-state index contributed by atoms with van der Waals surface area (Å²) in [6, 6.07) is 2.10. The van der Waals surface area contributed by atoms with Crippen molar-refractivity contribution >= 4 is 11.8 Å². The first kappa shape index (κ1) is 17.4. The van der Waals surface area contributed by atoms with E-state index in [-0.39, 0.29) is 6.61 Å². The van der Waals surface area contributed by atoms with Gasteiger partial charge in [0.15, 0.2) is 0 Å². The summed E-state index contributed by atoms with van der Waals surface area (Å²) in [5, 5.41) is 12.1. The Bertz CT molecular complexity index is 515. The van der Waals surface area contributed by atoms with E-state index in [2.05, 4.69) is 26.3 Å². The maximum Gasteiger partial charge on any atom is 0.224 e. The minimum Gasteiger partial charge on any atom is -0.395 e. The van der Waals surface area contributed by atoms with Crippen LogP contribution in [0.25, 0.3) is 0 Å². The summed E-state index contributed by atoms with van der Waals surface area (Å²) in [7, 11) is 0. The van der Waals surface area contributed by atoms with Crippen molar-refractivity contribution in [3.63, 3.8) is 0 Å². The number of nitrogens with one attached hydrogen (secondary N) is 1. The second-order valence-corrected chi connectivity index (χ2v) is 6.33. The fourth-order valence-electron chi connectivity index (χ4n) is 3.33. The number of aromatic nitrogens is 2. The molecule has 134 valence electrons. The second-order valence-electron chi connectivity index (χ2n) is 6.33. The van der Waals surface area contributed by atoms with Crippen molar-refractivity contribution < 1.29 is 14.6 Å². The number of hydrogen-bond donors (Lipinski definition) is 2. The van der Waals surface area contributed by atoms with Crippen LogP contribution in [-0.4, -0.2) is 67.2 Å². The molecule has 1 aromatic rings. The Morgan fingerprint density at radius 1 is 1.33 bits per heavy atom. The lowest BCUT2D eigenvalue weighted by molar-refractivity contribution is 0.0458. The van der Waals surface area contributed by atoms with Crippen LogP contribution in [-0.2, 0) is 9.47 Å². The molecule has 2 aliphatic heterocycles. The highest BCUT2D eigenvalue weighted by molar-refractivity contribution is 5.46. The number of aliphatic hydroxyl groups is 1. The number of rotatable bonds is 7. The van der Waals surface area contributed by atoms with Gasteiger partial charge in [0.25, 0.3) is 0 Å². The van der Waals surface area contributed by atoms with Crippen LogP contribution >= 0.6 is 0 Å². The summed E-state index contributed by atoms with van der Waals surface area (Å²) >= 11 is 0. The van der Waals surface area contributed by atoms with E-state index < -0.39 is 0 Å². The zero-order valence-corrected chi connectivity index (χ0v) is 14.4. The first-order chi connectivity index (χ1) is 11.8. The fourth-order valence-corrected chi connectivity index (χ4v) is 3.33. The van der Waals surface area contributed by atoms with E-state index in [1.165, 1.54) is 0 Å². The molecule has 0 saturated carbocycles. The minimum absolute atomic E-state index is 0.0647. The van der Waals surface area contributed by atoms with Crippen LogP contribution in [0.15, 0.2) is 6.07 Å². The number of aliphatic hydroxyl groups excluding tert-OH is 1. The van der Waals surface area contributed by atoms with Crippen LogP contribution in [0.5, 0.6) is 0 Å². The first-order valence-corrected chi connectivity index (χ1v) is 8.98. The summed E-state index contributed by atoms with van der Waals surface area (Å²) in [5.41, 5.74) is 1.03. The Morgan fingerprint density at radius 3 is 2.83 bits per heavy atom. The van der Waals surface area contributed by atoms with Crippen molar-refractivity contribution in [2.75, 3.05) is 56.3 Å². The standard InChI is InChI=1S/C17H28N4O3/c1-2-24-14-3-7-21(8-4-14)16-11-15(13-5-10-23-12-13)19-17(20-16)18-6-9-22/h11,13-14,22H,2-10,12H2,1H3,(H,18,19,20). The predicted octanol–water partition coefficient (Wildman–Crippen LogP) is 1.39. The van der Waals surface area contributed by atoms with Gasteiger partial charge in [-0.3, -0.25) is 0 Å². The van der Waals surface area contributed by atoms with Crippen LogP contribution in [0.1, 0.15) is 37.8 Å². The molecule has 0 bridgehead atoms. The number of ether oxygens (including phenoxy) is 2. The van der Waals surface area contributed by atoms with E-state index in [0.29, 0.717) is 24.5 Å². The smallest absolute Gasteiger partial charge is 0.224 e. The molecule has 2 N–H and O–H groups in total. The topological polar surface area (TPSA) is 79.7 Å². The zero-order valence-electron chi connectivity index (χ0n) is 14.4. The minimum atomic E-state index is 0.0647. The molecule has 0 spiro atoms. The number of piperidine rings is 1. The van der Waals surface area contributed by atoms with Gasteiger partial charge in [0, 0.05) is 44.8 Å². The SMILES string of the molecule is CCOC1CCN(c2cc(C3CCOC3)nc(NCCO)n2)CC1. The molecule has 2 saturated heterocycles. The lowest BCUT2D eigenvalue weighted by Gasteiger charge is -2.33. The van der Waals surface area contributed by atoms with Crippen molar-refractivity contribution in [3.05, 3.63) is 11.8 Å². The Hall–Kier alpha value is -1.44. The van der Waals surface area contributed by atoms with Crippen molar-refractivity contribution in [3.8, 4) is 0 Å². The van der Waals surface area contributed by atoms with E-state index in [4.69, 9.17) is 14.6 Å². The summed E-state index contributed by atoms with van der Waals surface area (Å²) in [4.78, 5) is 11.6. The lowest BCUT2D eigenvalue weighted by Crippen LogP contribution is -2.37. The third-order valence-corrected chi connectivity index (χ3v) is 4.64. The van der Waals surface area contributed by atoms with Gasteiger partial charge in [-0.15, -0.1) is 0 Å². The van der Waals surface area contributed by atoms with E-state index in [1.807, 2.05) is 6.92 Å². The lowest BCUT2D eigenvalue weighted by atomic mass is 10.0. The molecule has 0 amide bonds. The quantitative estimate of drug-likeness (QED) is 0.779. The largest absolute Gasteiger partial charge is 0.395 e. The second kappa shape index (κ2) is 8.60. The molecule has 0 radical (unpaired) electrons. The third kappa shape index (κ3) is 4.34. The highest BCUT2D eigenvalue weighted by Gasteiger charge is 2.24. The maximum absolute atomic E-state index is 9.04. The van der Waals surface area contributed by atoms with Crippen LogP contribution in [0.4, 0.5) is 11.8 Å². The van der Waals surface area contributed by atoms with Crippen LogP contribution < -0.4 is 10.2 Å². The van der Waals surface area contributed by atoms with E-state index in [1.54, 1.807) is 0 Å². The predicted molar refractivity (Wildman–Crippen MR) is 92.6 cm³/mol. The average molecular weight is 336 g/mol. The van der Waals surface area contributed by atoms with E-state index >= 15 is 0 Å². The summed E-state index contributed by atoms with van der Waals surface area (Å²) < 4.78 is 11.2. The third-order valence-electron chi connectivity index (χ3n) is 4.64. The molecule has 1 unspecified atom stereocenters. The van der Waals surface area contributed by atoms with Gasteiger partial charge in [-0.25, -0.2) is 4.98 Å². The number of anilines is 2. The van der Waals surface area contributed by atoms with Gasteiger partial charge >= 0.3 is 0 Å². The van der Waals surface area contributed by atoms with Gasteiger partial charge in [-0.05, 0) is 26.2 Å². The number of nitrogens with zero attached hydrogens (tertiary/aromatic N) is 3. The highest BCUT2D eigenvalue weighted by Crippen LogP contribution is 2.28. The van der Waals surface area contributed by atoms with Gasteiger partial charge in [0.2, 0.25) is 5.95 Å². The Morgan fingerprint density at radius 2 is 2.17 bits per heavy atom. The molecule has 3 heterocycles. The molecule has 2 aliphatic rings. The van der Waals surface area contributed by atoms with E-state index in [0.717, 1.165) is 63.7 Å². The molecular weight excluding hydrogens is 308 g/mol. The normalized spacial score (nSPS) is 22.1. The highest BCUT2D eigenvalue weighted by atomic mass is 16.5. The fraction of sp³-hybridized carbons (Fsp3) is 0.765. The Kier molecular flexibility index (Phi) is 6.23. The Labute approximate surface area is 143 Å². The summed E-state index contributed by atoms with van der Waals surface area (Å²) in [5.74, 6) is 1.89. The molecular formula is C17H28N4O3. The van der Waals surface area contributed by atoms with Gasteiger partial charge in [0.05, 0.1) is 25.0 Å². The van der Waals surface area contributed by atoms with Gasteiger partial charge < -0.3 is 24.8 Å². The van der Waals surface area contributed by atoms with Gasteiger partial charge in [0.1, 0.15) is 5.82 Å². The summed E-state index contributed by atoms with van der Waals surface area (Å²) in [6.45, 7) is 6.76. The van der Waals surface area contributed by atoms with Crippen LogP contribution in [0.2, 0.25) is 0 Å². The molecule has 1 aromatic heterocycles.